The second-order valence-electron chi connectivity index (χ2n) is 6.46. The first-order valence-corrected chi connectivity index (χ1v) is 10.3. The minimum Gasteiger partial charge on any atom is -0.497 e. The van der Waals surface area contributed by atoms with Gasteiger partial charge in [0.15, 0.2) is 0 Å². The largest absolute Gasteiger partial charge is 0.497 e. The fourth-order valence-electron chi connectivity index (χ4n) is 3.00. The molecule has 1 heterocycles. The Morgan fingerprint density at radius 3 is 2.33 bits per heavy atom. The number of thiazole rings is 1. The SMILES string of the molecule is COc1ccc(/C=N/Nc2nc(-c3ccc(-c4ccccc4)cc3)cs2)c(OC)c1. The minimum atomic E-state index is 0.693. The van der Waals surface area contributed by atoms with Gasteiger partial charge in [0, 0.05) is 22.6 Å². The van der Waals surface area contributed by atoms with Crippen molar-refractivity contribution in [3.63, 3.8) is 0 Å². The normalized spacial score (nSPS) is 10.9. The van der Waals surface area contributed by atoms with Crippen molar-refractivity contribution in [2.45, 2.75) is 0 Å². The highest BCUT2D eigenvalue weighted by Gasteiger charge is 2.06. The van der Waals surface area contributed by atoms with Crippen molar-refractivity contribution in [1.29, 1.82) is 0 Å². The monoisotopic (exact) mass is 415 g/mol. The van der Waals surface area contributed by atoms with E-state index < -0.39 is 0 Å². The number of anilines is 1. The smallest absolute Gasteiger partial charge is 0.203 e. The van der Waals surface area contributed by atoms with Crippen LogP contribution in [0.5, 0.6) is 11.5 Å². The summed E-state index contributed by atoms with van der Waals surface area (Å²) in [5.74, 6) is 1.43. The summed E-state index contributed by atoms with van der Waals surface area (Å²) in [6.45, 7) is 0. The maximum Gasteiger partial charge on any atom is 0.203 e. The van der Waals surface area contributed by atoms with E-state index >= 15 is 0 Å². The Labute approximate surface area is 179 Å². The van der Waals surface area contributed by atoms with E-state index in [1.54, 1.807) is 20.4 Å². The standard InChI is InChI=1S/C24H21N3O2S/c1-28-21-13-12-20(23(14-21)29-2)15-25-27-24-26-22(16-30-24)19-10-8-18(9-11-19)17-6-4-3-5-7-17/h3-16H,1-2H3,(H,26,27)/b25-15+. The molecule has 0 aliphatic carbocycles. The first kappa shape index (κ1) is 19.7. The van der Waals surface area contributed by atoms with E-state index in [4.69, 9.17) is 9.47 Å². The number of hydrazone groups is 1. The predicted molar refractivity (Wildman–Crippen MR) is 124 cm³/mol. The second kappa shape index (κ2) is 9.24. The van der Waals surface area contributed by atoms with E-state index in [1.807, 2.05) is 41.8 Å². The lowest BCUT2D eigenvalue weighted by Crippen LogP contribution is -1.95. The summed E-state index contributed by atoms with van der Waals surface area (Å²) in [7, 11) is 3.25. The minimum absolute atomic E-state index is 0.693. The Morgan fingerprint density at radius 2 is 1.60 bits per heavy atom. The molecule has 150 valence electrons. The Kier molecular flexibility index (Phi) is 6.06. The zero-order valence-electron chi connectivity index (χ0n) is 16.7. The molecule has 1 N–H and O–H groups in total. The van der Waals surface area contributed by atoms with Gasteiger partial charge in [0.05, 0.1) is 26.1 Å². The number of hydrogen-bond acceptors (Lipinski definition) is 6. The van der Waals surface area contributed by atoms with Crippen LogP contribution in [0.15, 0.2) is 83.3 Å². The average molecular weight is 416 g/mol. The molecular formula is C24H21N3O2S. The average Bonchev–Trinajstić information content (AvgIpc) is 3.29. The number of benzene rings is 3. The highest BCUT2D eigenvalue weighted by molar-refractivity contribution is 7.14. The first-order chi connectivity index (χ1) is 14.8. The van der Waals surface area contributed by atoms with Gasteiger partial charge in [-0.1, -0.05) is 54.6 Å². The molecule has 30 heavy (non-hydrogen) atoms. The molecule has 0 atom stereocenters. The molecule has 4 aromatic rings. The van der Waals surface area contributed by atoms with Crippen molar-refractivity contribution < 1.29 is 9.47 Å². The van der Waals surface area contributed by atoms with Gasteiger partial charge >= 0.3 is 0 Å². The molecule has 0 amide bonds. The van der Waals surface area contributed by atoms with E-state index in [0.717, 1.165) is 27.7 Å². The van der Waals surface area contributed by atoms with Crippen LogP contribution in [0, 0.1) is 0 Å². The highest BCUT2D eigenvalue weighted by atomic mass is 32.1. The molecule has 0 fully saturated rings. The van der Waals surface area contributed by atoms with Crippen molar-refractivity contribution in [2.75, 3.05) is 19.6 Å². The maximum absolute atomic E-state index is 5.38. The van der Waals surface area contributed by atoms with Gasteiger partial charge in [0.2, 0.25) is 5.13 Å². The van der Waals surface area contributed by atoms with Gasteiger partial charge in [0.1, 0.15) is 11.5 Å². The van der Waals surface area contributed by atoms with Crippen LogP contribution in [0.1, 0.15) is 5.56 Å². The molecule has 0 saturated carbocycles. The maximum atomic E-state index is 5.38. The number of rotatable bonds is 7. The zero-order valence-corrected chi connectivity index (χ0v) is 17.5. The lowest BCUT2D eigenvalue weighted by atomic mass is 10.0. The Balaban J connectivity index is 1.44. The third kappa shape index (κ3) is 4.50. The second-order valence-corrected chi connectivity index (χ2v) is 7.32. The van der Waals surface area contributed by atoms with Gasteiger partial charge in [-0.05, 0) is 23.3 Å². The molecule has 0 aliphatic rings. The quantitative estimate of drug-likeness (QED) is 0.300. The van der Waals surface area contributed by atoms with Crippen molar-refractivity contribution in [1.82, 2.24) is 4.98 Å². The van der Waals surface area contributed by atoms with Crippen LogP contribution in [0.4, 0.5) is 5.13 Å². The van der Waals surface area contributed by atoms with Crippen molar-refractivity contribution in [2.24, 2.45) is 5.10 Å². The predicted octanol–water partition coefficient (Wildman–Crippen LogP) is 5.94. The molecule has 5 nitrogen and oxygen atoms in total. The van der Waals surface area contributed by atoms with Crippen molar-refractivity contribution in [3.05, 3.63) is 83.7 Å². The summed E-state index contributed by atoms with van der Waals surface area (Å²) < 4.78 is 10.6. The Bertz CT molecular complexity index is 1140. The van der Waals surface area contributed by atoms with E-state index in [-0.39, 0.29) is 0 Å². The molecular weight excluding hydrogens is 394 g/mol. The third-order valence-electron chi connectivity index (χ3n) is 4.60. The van der Waals surface area contributed by atoms with Crippen molar-refractivity contribution in [3.8, 4) is 33.9 Å². The molecule has 0 aliphatic heterocycles. The molecule has 6 heteroatoms. The topological polar surface area (TPSA) is 55.7 Å². The number of hydrogen-bond donors (Lipinski definition) is 1. The summed E-state index contributed by atoms with van der Waals surface area (Å²) in [6, 6.07) is 24.3. The fourth-order valence-corrected chi connectivity index (χ4v) is 3.67. The molecule has 0 spiro atoms. The van der Waals surface area contributed by atoms with Crippen molar-refractivity contribution >= 4 is 22.7 Å². The van der Waals surface area contributed by atoms with Crippen LogP contribution in [-0.2, 0) is 0 Å². The van der Waals surface area contributed by atoms with Gasteiger partial charge in [-0.3, -0.25) is 5.43 Å². The van der Waals surface area contributed by atoms with Crippen LogP contribution in [0.3, 0.4) is 0 Å². The lowest BCUT2D eigenvalue weighted by molar-refractivity contribution is 0.394. The van der Waals surface area contributed by atoms with Gasteiger partial charge < -0.3 is 9.47 Å². The Morgan fingerprint density at radius 1 is 0.867 bits per heavy atom. The third-order valence-corrected chi connectivity index (χ3v) is 5.34. The van der Waals surface area contributed by atoms with E-state index in [1.165, 1.54) is 22.5 Å². The molecule has 0 unspecified atom stereocenters. The van der Waals surface area contributed by atoms with E-state index in [2.05, 4.69) is 51.9 Å². The number of methoxy groups -OCH3 is 2. The Hall–Kier alpha value is -3.64. The summed E-state index contributed by atoms with van der Waals surface area (Å²) in [5, 5.41) is 7.03. The molecule has 4 rings (SSSR count). The summed E-state index contributed by atoms with van der Waals surface area (Å²) in [5.41, 5.74) is 8.21. The zero-order chi connectivity index (χ0) is 20.8. The lowest BCUT2D eigenvalue weighted by Gasteiger charge is -2.06. The number of nitrogens with zero attached hydrogens (tertiary/aromatic N) is 2. The van der Waals surface area contributed by atoms with E-state index in [0.29, 0.717) is 5.75 Å². The van der Waals surface area contributed by atoms with Crippen LogP contribution in [-0.4, -0.2) is 25.4 Å². The van der Waals surface area contributed by atoms with Gasteiger partial charge in [-0.15, -0.1) is 11.3 Å². The molecule has 1 aromatic heterocycles. The molecule has 0 saturated heterocycles. The molecule has 0 bridgehead atoms. The van der Waals surface area contributed by atoms with Gasteiger partial charge in [-0.2, -0.15) is 5.10 Å². The summed E-state index contributed by atoms with van der Waals surface area (Å²) in [6.07, 6.45) is 1.70. The highest BCUT2D eigenvalue weighted by Crippen LogP contribution is 2.28. The summed E-state index contributed by atoms with van der Waals surface area (Å²) >= 11 is 1.51. The number of aromatic nitrogens is 1. The van der Waals surface area contributed by atoms with Crippen LogP contribution < -0.4 is 14.9 Å². The first-order valence-electron chi connectivity index (χ1n) is 9.39. The molecule has 3 aromatic carbocycles. The fraction of sp³-hybridized carbons (Fsp3) is 0.0833. The summed E-state index contributed by atoms with van der Waals surface area (Å²) in [4.78, 5) is 4.63. The number of ether oxygens (including phenoxy) is 2. The van der Waals surface area contributed by atoms with E-state index in [9.17, 15) is 0 Å². The van der Waals surface area contributed by atoms with Gasteiger partial charge in [-0.25, -0.2) is 4.98 Å². The van der Waals surface area contributed by atoms with Crippen LogP contribution in [0.25, 0.3) is 22.4 Å². The number of nitrogens with one attached hydrogen (secondary N) is 1. The van der Waals surface area contributed by atoms with Gasteiger partial charge in [0.25, 0.3) is 0 Å². The van der Waals surface area contributed by atoms with Crippen LogP contribution >= 0.6 is 11.3 Å². The van der Waals surface area contributed by atoms with Crippen LogP contribution in [0.2, 0.25) is 0 Å². The molecule has 0 radical (unpaired) electrons.